The third-order valence-electron chi connectivity index (χ3n) is 2.21. The number of hydrogen-bond donors (Lipinski definition) is 1. The zero-order valence-corrected chi connectivity index (χ0v) is 9.37. The Balaban J connectivity index is 2.01. The molecule has 0 bridgehead atoms. The van der Waals surface area contributed by atoms with E-state index in [4.69, 9.17) is 10.5 Å². The topological polar surface area (TPSA) is 35.2 Å². The van der Waals surface area contributed by atoms with Crippen molar-refractivity contribution in [2.24, 2.45) is 5.73 Å². The summed E-state index contributed by atoms with van der Waals surface area (Å²) in [6.07, 6.45) is 4.37. The molecule has 0 amide bonds. The third kappa shape index (κ3) is 3.01. The summed E-state index contributed by atoms with van der Waals surface area (Å²) < 4.78 is 5.78. The highest BCUT2D eigenvalue weighted by molar-refractivity contribution is 8.00. The largest absolute Gasteiger partial charge is 0.489 e. The van der Waals surface area contributed by atoms with E-state index in [0.29, 0.717) is 12.6 Å². The second-order valence-electron chi connectivity index (χ2n) is 3.49. The normalized spacial score (nSPS) is 16.6. The third-order valence-corrected chi connectivity index (χ3v) is 3.43. The molecule has 1 saturated heterocycles. The fourth-order valence-corrected chi connectivity index (χ4v) is 1.93. The summed E-state index contributed by atoms with van der Waals surface area (Å²) in [7, 11) is 0. The molecule has 0 saturated carbocycles. The highest BCUT2D eigenvalue weighted by atomic mass is 32.2. The smallest absolute Gasteiger partial charge is 0.120 e. The summed E-state index contributed by atoms with van der Waals surface area (Å²) in [6, 6.07) is 8.11. The molecular formula is C12H15NOS. The number of thioether (sulfide) groups is 1. The molecule has 1 aliphatic rings. The first-order valence-electron chi connectivity index (χ1n) is 5.09. The minimum Gasteiger partial charge on any atom is -0.489 e. The second kappa shape index (κ2) is 5.24. The van der Waals surface area contributed by atoms with E-state index in [9.17, 15) is 0 Å². The van der Waals surface area contributed by atoms with Crippen LogP contribution in [0.4, 0.5) is 0 Å². The zero-order valence-electron chi connectivity index (χ0n) is 8.56. The number of hydrogen-bond acceptors (Lipinski definition) is 3. The Morgan fingerprint density at radius 3 is 3.00 bits per heavy atom. The Hall–Kier alpha value is -0.930. The van der Waals surface area contributed by atoms with Crippen LogP contribution in [-0.2, 0) is 0 Å². The monoisotopic (exact) mass is 221 g/mol. The lowest BCUT2D eigenvalue weighted by molar-refractivity contribution is 0.240. The van der Waals surface area contributed by atoms with Crippen molar-refractivity contribution in [1.29, 1.82) is 0 Å². The molecule has 1 heterocycles. The minimum absolute atomic E-state index is 0.406. The molecule has 2 N–H and O–H groups in total. The lowest BCUT2D eigenvalue weighted by Gasteiger charge is -2.25. The molecule has 3 heteroatoms. The van der Waals surface area contributed by atoms with Crippen LogP contribution in [0.15, 0.2) is 30.3 Å². The Kier molecular flexibility index (Phi) is 3.69. The van der Waals surface area contributed by atoms with Gasteiger partial charge in [0.05, 0.1) is 0 Å². The Morgan fingerprint density at radius 2 is 2.33 bits per heavy atom. The molecule has 2 nitrogen and oxygen atoms in total. The maximum absolute atomic E-state index is 5.78. The van der Waals surface area contributed by atoms with E-state index < -0.39 is 0 Å². The average molecular weight is 221 g/mol. The molecular weight excluding hydrogens is 206 g/mol. The van der Waals surface area contributed by atoms with Gasteiger partial charge < -0.3 is 10.5 Å². The van der Waals surface area contributed by atoms with Crippen molar-refractivity contribution in [3.63, 3.8) is 0 Å². The van der Waals surface area contributed by atoms with Gasteiger partial charge in [0.25, 0.3) is 0 Å². The van der Waals surface area contributed by atoms with Crippen LogP contribution in [0.2, 0.25) is 0 Å². The van der Waals surface area contributed by atoms with Gasteiger partial charge in [0.15, 0.2) is 0 Å². The van der Waals surface area contributed by atoms with Crippen LogP contribution < -0.4 is 10.5 Å². The molecule has 1 fully saturated rings. The van der Waals surface area contributed by atoms with Gasteiger partial charge in [-0.05, 0) is 17.7 Å². The first-order chi connectivity index (χ1) is 7.38. The molecule has 0 atom stereocenters. The zero-order chi connectivity index (χ0) is 10.5. The molecule has 2 rings (SSSR count). The van der Waals surface area contributed by atoms with Crippen LogP contribution in [-0.4, -0.2) is 24.2 Å². The van der Waals surface area contributed by atoms with Crippen LogP contribution in [0.3, 0.4) is 0 Å². The van der Waals surface area contributed by atoms with E-state index in [-0.39, 0.29) is 0 Å². The Bertz CT molecular complexity index is 347. The highest BCUT2D eigenvalue weighted by Gasteiger charge is 2.19. The number of ether oxygens (including phenoxy) is 1. The SMILES string of the molecule is NC/C=C/c1cccc(OC2CSC2)c1. The van der Waals surface area contributed by atoms with E-state index >= 15 is 0 Å². The van der Waals surface area contributed by atoms with Gasteiger partial charge in [-0.1, -0.05) is 24.3 Å². The van der Waals surface area contributed by atoms with E-state index in [2.05, 4.69) is 12.1 Å². The maximum Gasteiger partial charge on any atom is 0.120 e. The van der Waals surface area contributed by atoms with Crippen molar-refractivity contribution in [2.45, 2.75) is 6.10 Å². The van der Waals surface area contributed by atoms with E-state index in [0.717, 1.165) is 22.8 Å². The number of nitrogens with two attached hydrogens (primary N) is 1. The van der Waals surface area contributed by atoms with Crippen molar-refractivity contribution < 1.29 is 4.74 Å². The summed E-state index contributed by atoms with van der Waals surface area (Å²) in [4.78, 5) is 0. The average Bonchev–Trinajstić information content (AvgIpc) is 2.21. The van der Waals surface area contributed by atoms with Crippen molar-refractivity contribution in [3.05, 3.63) is 35.9 Å². The molecule has 80 valence electrons. The fraction of sp³-hybridized carbons (Fsp3) is 0.333. The lowest BCUT2D eigenvalue weighted by atomic mass is 10.2. The van der Waals surface area contributed by atoms with Crippen LogP contribution in [0.5, 0.6) is 5.75 Å². The fourth-order valence-electron chi connectivity index (χ4n) is 1.37. The Labute approximate surface area is 94.5 Å². The summed E-state index contributed by atoms with van der Waals surface area (Å²) in [5, 5.41) is 0. The van der Waals surface area contributed by atoms with Crippen molar-refractivity contribution in [3.8, 4) is 5.75 Å². The van der Waals surface area contributed by atoms with Crippen molar-refractivity contribution in [2.75, 3.05) is 18.1 Å². The maximum atomic E-state index is 5.78. The van der Waals surface area contributed by atoms with E-state index in [1.54, 1.807) is 0 Å². The summed E-state index contributed by atoms with van der Waals surface area (Å²) in [6.45, 7) is 0.574. The number of benzene rings is 1. The van der Waals surface area contributed by atoms with Gasteiger partial charge in [-0.25, -0.2) is 0 Å². The summed E-state index contributed by atoms with van der Waals surface area (Å²) >= 11 is 1.93. The first kappa shape index (κ1) is 10.6. The molecule has 1 aliphatic heterocycles. The van der Waals surface area contributed by atoms with Gasteiger partial charge >= 0.3 is 0 Å². The van der Waals surface area contributed by atoms with Crippen molar-refractivity contribution in [1.82, 2.24) is 0 Å². The van der Waals surface area contributed by atoms with Crippen molar-refractivity contribution >= 4 is 17.8 Å². The predicted octanol–water partition coefficient (Wildman–Crippen LogP) is 2.15. The minimum atomic E-state index is 0.406. The molecule has 1 aromatic rings. The Morgan fingerprint density at radius 1 is 1.47 bits per heavy atom. The van der Waals surface area contributed by atoms with Crippen LogP contribution in [0, 0.1) is 0 Å². The van der Waals surface area contributed by atoms with E-state index in [1.165, 1.54) is 0 Å². The molecule has 0 radical (unpaired) electrons. The van der Waals surface area contributed by atoms with Gasteiger partial charge in [0, 0.05) is 18.1 Å². The van der Waals surface area contributed by atoms with Crippen LogP contribution in [0.25, 0.3) is 6.08 Å². The first-order valence-corrected chi connectivity index (χ1v) is 6.25. The summed E-state index contributed by atoms with van der Waals surface area (Å²) in [5.41, 5.74) is 6.55. The van der Waals surface area contributed by atoms with Gasteiger partial charge in [-0.15, -0.1) is 0 Å². The molecule has 1 aromatic carbocycles. The van der Waals surface area contributed by atoms with Crippen LogP contribution >= 0.6 is 11.8 Å². The molecule has 0 aromatic heterocycles. The summed E-state index contributed by atoms with van der Waals surface area (Å²) in [5.74, 6) is 3.19. The van der Waals surface area contributed by atoms with Gasteiger partial charge in [0.2, 0.25) is 0 Å². The standard InChI is InChI=1S/C12H15NOS/c13-6-2-4-10-3-1-5-11(7-10)14-12-8-15-9-12/h1-5,7,12H,6,8-9,13H2/b4-2+. The predicted molar refractivity (Wildman–Crippen MR) is 66.3 cm³/mol. The molecule has 0 aliphatic carbocycles. The highest BCUT2D eigenvalue weighted by Crippen LogP contribution is 2.24. The molecule has 0 unspecified atom stereocenters. The quantitative estimate of drug-likeness (QED) is 0.846. The van der Waals surface area contributed by atoms with Gasteiger partial charge in [-0.2, -0.15) is 11.8 Å². The molecule has 0 spiro atoms. The van der Waals surface area contributed by atoms with Gasteiger partial charge in [0.1, 0.15) is 11.9 Å². The number of rotatable bonds is 4. The second-order valence-corrected chi connectivity index (χ2v) is 4.56. The van der Waals surface area contributed by atoms with E-state index in [1.807, 2.05) is 36.0 Å². The molecule has 15 heavy (non-hydrogen) atoms. The van der Waals surface area contributed by atoms with Gasteiger partial charge in [-0.3, -0.25) is 0 Å². The lowest BCUT2D eigenvalue weighted by Crippen LogP contribution is -2.30. The van der Waals surface area contributed by atoms with Crippen LogP contribution in [0.1, 0.15) is 5.56 Å².